The van der Waals surface area contributed by atoms with E-state index in [9.17, 15) is 18.0 Å². The first-order valence-electron chi connectivity index (χ1n) is 9.14. The number of para-hydroxylation sites is 2. The van der Waals surface area contributed by atoms with Gasteiger partial charge in [-0.05, 0) is 18.2 Å². The van der Waals surface area contributed by atoms with Crippen LogP contribution in [-0.2, 0) is 11.3 Å². The number of fused-ring (bicyclic) bond motifs is 1. The molecule has 1 fully saturated rings. The van der Waals surface area contributed by atoms with Crippen molar-refractivity contribution in [2.45, 2.75) is 12.9 Å². The van der Waals surface area contributed by atoms with Gasteiger partial charge < -0.3 is 19.7 Å². The van der Waals surface area contributed by atoms with E-state index in [1.54, 1.807) is 13.2 Å². The Morgan fingerprint density at radius 1 is 1.20 bits per heavy atom. The number of alkyl halides is 3. The Hall–Kier alpha value is -3.01. The highest BCUT2D eigenvalue weighted by Crippen LogP contribution is 2.36. The summed E-state index contributed by atoms with van der Waals surface area (Å²) in [5.41, 5.74) is 1.05. The molecule has 2 heterocycles. The van der Waals surface area contributed by atoms with Crippen molar-refractivity contribution in [1.82, 2.24) is 10.3 Å². The molecular weight excluding hydrogens is 419 g/mol. The number of aromatic nitrogens is 1. The van der Waals surface area contributed by atoms with Gasteiger partial charge in [0.2, 0.25) is 5.91 Å². The molecule has 10 heteroatoms. The van der Waals surface area contributed by atoms with E-state index in [1.807, 2.05) is 23.1 Å². The summed E-state index contributed by atoms with van der Waals surface area (Å²) < 4.78 is 47.9. The lowest BCUT2D eigenvalue weighted by Gasteiger charge is -2.38. The minimum Gasteiger partial charge on any atom is -0.494 e. The molecule has 1 aliphatic rings. The lowest BCUT2D eigenvalue weighted by atomic mass is 10.00. The zero-order valence-electron chi connectivity index (χ0n) is 15.9. The second-order valence-corrected chi connectivity index (χ2v) is 7.79. The maximum atomic E-state index is 12.5. The molecule has 0 unspecified atom stereocenters. The minimum absolute atomic E-state index is 0.0417. The number of methoxy groups -OCH3 is 1. The Bertz CT molecular complexity index is 1060. The Balaban J connectivity index is 1.34. The van der Waals surface area contributed by atoms with Gasteiger partial charge in [-0.2, -0.15) is 0 Å². The van der Waals surface area contributed by atoms with Crippen LogP contribution in [0.2, 0.25) is 0 Å². The summed E-state index contributed by atoms with van der Waals surface area (Å²) in [6, 6.07) is 11.5. The minimum atomic E-state index is -4.78. The van der Waals surface area contributed by atoms with Crippen LogP contribution in [0.15, 0.2) is 42.5 Å². The number of hydrogen-bond donors (Lipinski definition) is 1. The van der Waals surface area contributed by atoms with Crippen LogP contribution >= 0.6 is 11.3 Å². The molecule has 4 rings (SSSR count). The van der Waals surface area contributed by atoms with Gasteiger partial charge in [-0.15, -0.1) is 13.2 Å². The van der Waals surface area contributed by atoms with Gasteiger partial charge in [0.25, 0.3) is 0 Å². The van der Waals surface area contributed by atoms with Crippen LogP contribution in [0.4, 0.5) is 18.3 Å². The number of benzene rings is 2. The maximum Gasteiger partial charge on any atom is 0.573 e. The third-order valence-electron chi connectivity index (χ3n) is 4.76. The van der Waals surface area contributed by atoms with Crippen LogP contribution in [0.1, 0.15) is 5.56 Å². The third kappa shape index (κ3) is 4.28. The molecule has 1 N–H and O–H groups in total. The topological polar surface area (TPSA) is 63.7 Å². The number of ether oxygens (including phenoxy) is 2. The van der Waals surface area contributed by atoms with Crippen molar-refractivity contribution in [1.29, 1.82) is 0 Å². The molecule has 0 bridgehead atoms. The first-order chi connectivity index (χ1) is 14.3. The molecule has 0 spiro atoms. The molecule has 1 amide bonds. The number of halogens is 3. The van der Waals surface area contributed by atoms with Gasteiger partial charge in [0.1, 0.15) is 17.0 Å². The lowest BCUT2D eigenvalue weighted by molar-refractivity contribution is -0.274. The Kier molecular flexibility index (Phi) is 5.42. The van der Waals surface area contributed by atoms with E-state index in [0.717, 1.165) is 15.3 Å². The largest absolute Gasteiger partial charge is 0.573 e. The summed E-state index contributed by atoms with van der Waals surface area (Å²) in [5, 5.41) is 3.50. The van der Waals surface area contributed by atoms with E-state index in [4.69, 9.17) is 4.74 Å². The number of carbonyl (C=O) groups is 1. The highest BCUT2D eigenvalue weighted by molar-refractivity contribution is 7.22. The van der Waals surface area contributed by atoms with E-state index in [-0.39, 0.29) is 29.7 Å². The molecule has 1 aliphatic heterocycles. The molecular formula is C20H18F3N3O3S. The summed E-state index contributed by atoms with van der Waals surface area (Å²) in [4.78, 5) is 19.0. The van der Waals surface area contributed by atoms with Crippen molar-refractivity contribution >= 4 is 32.6 Å². The molecule has 2 aromatic carbocycles. The summed E-state index contributed by atoms with van der Waals surface area (Å²) in [5.74, 6) is -0.0881. The number of hydrogen-bond acceptors (Lipinski definition) is 6. The Morgan fingerprint density at radius 2 is 1.93 bits per heavy atom. The molecule has 6 nitrogen and oxygen atoms in total. The number of carbonyl (C=O) groups excluding carboxylic acids is 1. The van der Waals surface area contributed by atoms with Gasteiger partial charge in [-0.3, -0.25) is 4.79 Å². The lowest BCUT2D eigenvalue weighted by Crippen LogP contribution is -2.53. The van der Waals surface area contributed by atoms with Crippen LogP contribution in [0.25, 0.3) is 10.2 Å². The second-order valence-electron chi connectivity index (χ2n) is 6.78. The molecule has 0 radical (unpaired) electrons. The molecule has 0 aliphatic carbocycles. The van der Waals surface area contributed by atoms with E-state index in [1.165, 1.54) is 29.5 Å². The molecule has 1 aromatic heterocycles. The maximum absolute atomic E-state index is 12.5. The average Bonchev–Trinajstić information content (AvgIpc) is 3.08. The molecule has 1 saturated heterocycles. The van der Waals surface area contributed by atoms with Crippen molar-refractivity contribution in [3.63, 3.8) is 0 Å². The molecule has 0 atom stereocenters. The number of thiazole rings is 1. The third-order valence-corrected chi connectivity index (χ3v) is 5.85. The fourth-order valence-electron chi connectivity index (χ4n) is 3.21. The number of nitrogens with zero attached hydrogens (tertiary/aromatic N) is 2. The number of rotatable bonds is 6. The number of amides is 1. The van der Waals surface area contributed by atoms with Crippen LogP contribution in [0, 0.1) is 5.92 Å². The highest BCUT2D eigenvalue weighted by Gasteiger charge is 2.35. The highest BCUT2D eigenvalue weighted by atomic mass is 32.1. The first kappa shape index (κ1) is 20.3. The van der Waals surface area contributed by atoms with Gasteiger partial charge in [0.05, 0.1) is 17.7 Å². The smallest absolute Gasteiger partial charge is 0.494 e. The number of anilines is 1. The zero-order valence-corrected chi connectivity index (χ0v) is 16.7. The second kappa shape index (κ2) is 8.02. The fourth-order valence-corrected chi connectivity index (χ4v) is 4.21. The normalized spacial score (nSPS) is 14.5. The van der Waals surface area contributed by atoms with Gasteiger partial charge >= 0.3 is 6.36 Å². The summed E-state index contributed by atoms with van der Waals surface area (Å²) >= 11 is 1.52. The van der Waals surface area contributed by atoms with Crippen LogP contribution in [0.5, 0.6) is 11.5 Å². The van der Waals surface area contributed by atoms with Crippen LogP contribution in [-0.4, -0.2) is 37.5 Å². The quantitative estimate of drug-likeness (QED) is 0.633. The van der Waals surface area contributed by atoms with Crippen LogP contribution < -0.4 is 19.7 Å². The summed E-state index contributed by atoms with van der Waals surface area (Å²) in [7, 11) is 1.59. The van der Waals surface area contributed by atoms with Gasteiger partial charge in [0.15, 0.2) is 5.13 Å². The van der Waals surface area contributed by atoms with Gasteiger partial charge in [-0.1, -0.05) is 35.6 Å². The van der Waals surface area contributed by atoms with Crippen molar-refractivity contribution < 1.29 is 27.4 Å². The molecule has 158 valence electrons. The van der Waals surface area contributed by atoms with Crippen LogP contribution in [0.3, 0.4) is 0 Å². The predicted molar refractivity (Wildman–Crippen MR) is 107 cm³/mol. The van der Waals surface area contributed by atoms with Crippen molar-refractivity contribution in [2.24, 2.45) is 5.92 Å². The van der Waals surface area contributed by atoms with Crippen molar-refractivity contribution in [3.8, 4) is 11.5 Å². The first-order valence-corrected chi connectivity index (χ1v) is 9.95. The average molecular weight is 437 g/mol. The van der Waals surface area contributed by atoms with Gasteiger partial charge in [-0.25, -0.2) is 4.98 Å². The fraction of sp³-hybridized carbons (Fsp3) is 0.300. The summed E-state index contributed by atoms with van der Waals surface area (Å²) in [6.07, 6.45) is -4.78. The Labute approximate surface area is 174 Å². The SMILES string of the molecule is COc1cccc2sc(N3CC(C(=O)NCc4ccccc4OC(F)(F)F)C3)nc12. The van der Waals surface area contributed by atoms with Crippen molar-refractivity contribution in [3.05, 3.63) is 48.0 Å². The predicted octanol–water partition coefficient (Wildman–Crippen LogP) is 3.96. The van der Waals surface area contributed by atoms with E-state index in [0.29, 0.717) is 18.8 Å². The monoisotopic (exact) mass is 437 g/mol. The van der Waals surface area contributed by atoms with E-state index < -0.39 is 6.36 Å². The molecule has 30 heavy (non-hydrogen) atoms. The standard InChI is InChI=1S/C20H18F3N3O3S/c1-28-15-7-4-8-16-17(15)25-19(30-16)26-10-13(11-26)18(27)24-9-12-5-2-3-6-14(12)29-20(21,22)23/h2-8,13H,9-11H2,1H3,(H,24,27). The van der Waals surface area contributed by atoms with E-state index >= 15 is 0 Å². The Morgan fingerprint density at radius 3 is 2.67 bits per heavy atom. The summed E-state index contributed by atoms with van der Waals surface area (Å²) in [6.45, 7) is 0.948. The van der Waals surface area contributed by atoms with Gasteiger partial charge in [0, 0.05) is 25.2 Å². The molecule has 3 aromatic rings. The molecule has 0 saturated carbocycles. The number of nitrogens with one attached hydrogen (secondary N) is 1. The zero-order chi connectivity index (χ0) is 21.3. The van der Waals surface area contributed by atoms with Crippen molar-refractivity contribution in [2.75, 3.05) is 25.1 Å². The van der Waals surface area contributed by atoms with E-state index in [2.05, 4.69) is 15.0 Å².